The third-order valence-electron chi connectivity index (χ3n) is 3.28. The topological polar surface area (TPSA) is 20.3 Å². The van der Waals surface area contributed by atoms with E-state index < -0.39 is 0 Å². The Morgan fingerprint density at radius 3 is 2.50 bits per heavy atom. The fourth-order valence-corrected chi connectivity index (χ4v) is 2.02. The minimum absolute atomic E-state index is 0.741. The van der Waals surface area contributed by atoms with Crippen molar-refractivity contribution in [2.75, 3.05) is 18.5 Å². The van der Waals surface area contributed by atoms with Crippen molar-refractivity contribution < 1.29 is 4.79 Å². The first-order chi connectivity index (χ1) is 9.54. The highest BCUT2D eigenvalue weighted by molar-refractivity contribution is 5.84. The molecule has 0 heterocycles. The van der Waals surface area contributed by atoms with E-state index in [0.29, 0.717) is 0 Å². The average Bonchev–Trinajstić information content (AvgIpc) is 2.44. The number of carbonyl (C=O) groups is 1. The Morgan fingerprint density at radius 1 is 1.15 bits per heavy atom. The van der Waals surface area contributed by atoms with Crippen LogP contribution in [0.5, 0.6) is 0 Å². The van der Waals surface area contributed by atoms with Gasteiger partial charge in [-0.3, -0.25) is 4.79 Å². The summed E-state index contributed by atoms with van der Waals surface area (Å²) in [4.78, 5) is 13.1. The second-order valence-corrected chi connectivity index (χ2v) is 5.43. The van der Waals surface area contributed by atoms with E-state index >= 15 is 0 Å². The van der Waals surface area contributed by atoms with Crippen LogP contribution in [-0.2, 0) is 0 Å². The number of nitrogens with zero attached hydrogens (tertiary/aromatic N) is 1. The minimum atomic E-state index is 0.741. The molecule has 0 spiro atoms. The molecular weight excluding hydrogens is 246 g/mol. The number of carbonyl (C=O) groups excluding carboxylic acids is 1. The van der Waals surface area contributed by atoms with Gasteiger partial charge in [0.25, 0.3) is 0 Å². The standard InChI is InChI=1S/C18H25NO/c1-15(2)8-7-9-16(3)12-13-19(4)18-11-6-5-10-17(18)14-20/h5-6,8,10-12,14H,7,9,13H2,1-4H3/b16-12+. The molecule has 0 unspecified atom stereocenters. The summed E-state index contributed by atoms with van der Waals surface area (Å²) in [7, 11) is 2.02. The van der Waals surface area contributed by atoms with E-state index in [4.69, 9.17) is 0 Å². The van der Waals surface area contributed by atoms with Crippen molar-refractivity contribution in [2.45, 2.75) is 33.6 Å². The van der Waals surface area contributed by atoms with Crippen LogP contribution in [0.3, 0.4) is 0 Å². The SMILES string of the molecule is CC(C)=CCC/C(C)=C/CN(C)c1ccccc1C=O. The number of hydrogen-bond acceptors (Lipinski definition) is 2. The van der Waals surface area contributed by atoms with Crippen LogP contribution < -0.4 is 4.90 Å². The number of aldehydes is 1. The zero-order chi connectivity index (χ0) is 15.0. The van der Waals surface area contributed by atoms with E-state index in [0.717, 1.165) is 36.9 Å². The molecular formula is C18H25NO. The van der Waals surface area contributed by atoms with Gasteiger partial charge < -0.3 is 4.90 Å². The van der Waals surface area contributed by atoms with E-state index in [-0.39, 0.29) is 0 Å². The zero-order valence-corrected chi connectivity index (χ0v) is 13.0. The Balaban J connectivity index is 2.59. The van der Waals surface area contributed by atoms with Crippen molar-refractivity contribution in [1.82, 2.24) is 0 Å². The minimum Gasteiger partial charge on any atom is -0.370 e. The monoisotopic (exact) mass is 271 g/mol. The van der Waals surface area contributed by atoms with Crippen LogP contribution in [0.25, 0.3) is 0 Å². The average molecular weight is 271 g/mol. The van der Waals surface area contributed by atoms with Gasteiger partial charge in [-0.25, -0.2) is 0 Å². The molecule has 0 aliphatic carbocycles. The maximum Gasteiger partial charge on any atom is 0.152 e. The molecule has 0 aliphatic rings. The van der Waals surface area contributed by atoms with E-state index in [9.17, 15) is 4.79 Å². The van der Waals surface area contributed by atoms with Gasteiger partial charge in [-0.15, -0.1) is 0 Å². The molecule has 1 aromatic carbocycles. The third kappa shape index (κ3) is 5.43. The number of anilines is 1. The summed E-state index contributed by atoms with van der Waals surface area (Å²) >= 11 is 0. The van der Waals surface area contributed by atoms with Gasteiger partial charge in [-0.1, -0.05) is 35.4 Å². The molecule has 0 atom stereocenters. The number of rotatable bonds is 7. The maximum atomic E-state index is 11.0. The fraction of sp³-hybridized carbons (Fsp3) is 0.389. The van der Waals surface area contributed by atoms with Crippen LogP contribution >= 0.6 is 0 Å². The summed E-state index contributed by atoms with van der Waals surface area (Å²) in [5.74, 6) is 0. The zero-order valence-electron chi connectivity index (χ0n) is 13.0. The van der Waals surface area contributed by atoms with Gasteiger partial charge in [0.15, 0.2) is 6.29 Å². The summed E-state index contributed by atoms with van der Waals surface area (Å²) < 4.78 is 0. The lowest BCUT2D eigenvalue weighted by Crippen LogP contribution is -2.18. The van der Waals surface area contributed by atoms with Crippen molar-refractivity contribution in [3.8, 4) is 0 Å². The molecule has 0 saturated carbocycles. The highest BCUT2D eigenvalue weighted by Gasteiger charge is 2.04. The van der Waals surface area contributed by atoms with Gasteiger partial charge in [-0.05, 0) is 45.7 Å². The lowest BCUT2D eigenvalue weighted by atomic mass is 10.1. The van der Waals surface area contributed by atoms with Crippen molar-refractivity contribution in [3.05, 3.63) is 53.1 Å². The predicted molar refractivity (Wildman–Crippen MR) is 87.5 cm³/mol. The summed E-state index contributed by atoms with van der Waals surface area (Å²) in [6, 6.07) is 7.69. The molecule has 0 saturated heterocycles. The normalized spacial score (nSPS) is 11.1. The first kappa shape index (κ1) is 16.2. The molecule has 0 aromatic heterocycles. The molecule has 2 nitrogen and oxygen atoms in total. The van der Waals surface area contributed by atoms with Gasteiger partial charge in [0, 0.05) is 24.8 Å². The van der Waals surface area contributed by atoms with Crippen LogP contribution in [0, 0.1) is 0 Å². The first-order valence-corrected chi connectivity index (χ1v) is 7.09. The molecule has 108 valence electrons. The largest absolute Gasteiger partial charge is 0.370 e. The molecule has 0 bridgehead atoms. The summed E-state index contributed by atoms with van der Waals surface area (Å²) in [5, 5.41) is 0. The second kappa shape index (κ2) is 8.36. The first-order valence-electron chi connectivity index (χ1n) is 7.09. The Hall–Kier alpha value is -1.83. The summed E-state index contributed by atoms with van der Waals surface area (Å²) in [6.07, 6.45) is 7.61. The molecule has 0 fully saturated rings. The smallest absolute Gasteiger partial charge is 0.152 e. The lowest BCUT2D eigenvalue weighted by Gasteiger charge is -2.19. The van der Waals surface area contributed by atoms with Crippen molar-refractivity contribution in [2.24, 2.45) is 0 Å². The number of para-hydroxylation sites is 1. The number of benzene rings is 1. The van der Waals surface area contributed by atoms with Crippen LogP contribution in [0.2, 0.25) is 0 Å². The number of hydrogen-bond donors (Lipinski definition) is 0. The van der Waals surface area contributed by atoms with E-state index in [2.05, 4.69) is 37.8 Å². The van der Waals surface area contributed by atoms with Gasteiger partial charge in [0.2, 0.25) is 0 Å². The van der Waals surface area contributed by atoms with Crippen LogP contribution in [0.4, 0.5) is 5.69 Å². The van der Waals surface area contributed by atoms with Crippen molar-refractivity contribution in [1.29, 1.82) is 0 Å². The predicted octanol–water partition coefficient (Wildman–Crippen LogP) is 4.63. The van der Waals surface area contributed by atoms with Crippen LogP contribution in [-0.4, -0.2) is 19.9 Å². The summed E-state index contributed by atoms with van der Waals surface area (Å²) in [6.45, 7) is 7.25. The van der Waals surface area contributed by atoms with Crippen molar-refractivity contribution in [3.63, 3.8) is 0 Å². The van der Waals surface area contributed by atoms with Gasteiger partial charge in [0.05, 0.1) is 0 Å². The molecule has 1 aromatic rings. The molecule has 2 heteroatoms. The van der Waals surface area contributed by atoms with Gasteiger partial charge in [-0.2, -0.15) is 0 Å². The highest BCUT2D eigenvalue weighted by Crippen LogP contribution is 2.17. The molecule has 0 amide bonds. The third-order valence-corrected chi connectivity index (χ3v) is 3.28. The Labute approximate surface area is 122 Å². The Morgan fingerprint density at radius 2 is 1.85 bits per heavy atom. The molecule has 0 N–H and O–H groups in total. The lowest BCUT2D eigenvalue weighted by molar-refractivity contribution is 0.112. The van der Waals surface area contributed by atoms with E-state index in [1.54, 1.807) is 0 Å². The Bertz CT molecular complexity index is 496. The van der Waals surface area contributed by atoms with Crippen LogP contribution in [0.15, 0.2) is 47.6 Å². The summed E-state index contributed by atoms with van der Waals surface area (Å²) in [5.41, 5.74) is 4.48. The number of likely N-dealkylation sites (N-methyl/N-ethyl adjacent to an activating group) is 1. The maximum absolute atomic E-state index is 11.0. The van der Waals surface area contributed by atoms with Crippen LogP contribution in [0.1, 0.15) is 44.0 Å². The number of allylic oxidation sites excluding steroid dienone is 3. The quantitative estimate of drug-likeness (QED) is 0.532. The van der Waals surface area contributed by atoms with Crippen molar-refractivity contribution >= 4 is 12.0 Å². The highest BCUT2D eigenvalue weighted by atomic mass is 16.1. The molecule has 0 aliphatic heterocycles. The fourth-order valence-electron chi connectivity index (χ4n) is 2.02. The van der Waals surface area contributed by atoms with Gasteiger partial charge >= 0.3 is 0 Å². The second-order valence-electron chi connectivity index (χ2n) is 5.43. The Kier molecular flexibility index (Phi) is 6.78. The van der Waals surface area contributed by atoms with Gasteiger partial charge in [0.1, 0.15) is 0 Å². The van der Waals surface area contributed by atoms with E-state index in [1.165, 1.54) is 11.1 Å². The molecule has 20 heavy (non-hydrogen) atoms. The molecule has 0 radical (unpaired) electrons. The molecule has 1 rings (SSSR count). The van der Waals surface area contributed by atoms with E-state index in [1.807, 2.05) is 31.3 Å².